The Kier molecular flexibility index (Phi) is 8.48. The lowest BCUT2D eigenvalue weighted by Crippen LogP contribution is -2.27. The zero-order chi connectivity index (χ0) is 22.9. The Hall–Kier alpha value is -3.95. The van der Waals surface area contributed by atoms with Crippen molar-refractivity contribution in [3.05, 3.63) is 73.8 Å². The summed E-state index contributed by atoms with van der Waals surface area (Å²) < 4.78 is 29.6. The Morgan fingerprint density at radius 1 is 1.10 bits per heavy atom. The highest BCUT2D eigenvalue weighted by Gasteiger charge is 2.22. The van der Waals surface area contributed by atoms with Crippen molar-refractivity contribution in [3.63, 3.8) is 0 Å². The molecule has 15 heteroatoms. The van der Waals surface area contributed by atoms with Crippen molar-refractivity contribution in [1.29, 1.82) is 0 Å². The van der Waals surface area contributed by atoms with Crippen molar-refractivity contribution in [2.75, 3.05) is 0 Å². The van der Waals surface area contributed by atoms with Gasteiger partial charge in [-0.1, -0.05) is 17.7 Å². The fraction of sp³-hybridized carbons (Fsp3) is 0.0667. The van der Waals surface area contributed by atoms with Gasteiger partial charge in [-0.05, 0) is 25.1 Å². The maximum Gasteiger partial charge on any atom is 0.294 e. The first-order valence-corrected chi connectivity index (χ1v) is 9.14. The number of nitrogens with zero attached hydrogens (tertiary/aromatic N) is 4. The van der Waals surface area contributed by atoms with Crippen LogP contribution < -0.4 is 11.2 Å². The highest BCUT2D eigenvalue weighted by atomic mass is 32.2. The van der Waals surface area contributed by atoms with E-state index in [0.717, 1.165) is 23.9 Å². The third-order valence-corrected chi connectivity index (χ3v) is 4.11. The molecular weight excluding hydrogens is 424 g/mol. The van der Waals surface area contributed by atoms with E-state index in [9.17, 15) is 28.6 Å². The topological polar surface area (TPSA) is 224 Å². The molecule has 0 spiro atoms. The van der Waals surface area contributed by atoms with Crippen LogP contribution in [0.2, 0.25) is 0 Å². The second kappa shape index (κ2) is 10.6. The predicted molar refractivity (Wildman–Crippen MR) is 105 cm³/mol. The lowest BCUT2D eigenvalue weighted by atomic mass is 10.1. The first-order chi connectivity index (χ1) is 14.0. The summed E-state index contributed by atoms with van der Waals surface area (Å²) in [5, 5.41) is 36.3. The summed E-state index contributed by atoms with van der Waals surface area (Å²) in [5.74, 6) is -0.475. The van der Waals surface area contributed by atoms with Crippen molar-refractivity contribution in [2.45, 2.75) is 11.8 Å². The number of nitro benzene ring substituents is 2. The average molecular weight is 440 g/mol. The maximum absolute atomic E-state index is 10.8. The van der Waals surface area contributed by atoms with E-state index in [1.165, 1.54) is 23.7 Å². The highest BCUT2D eigenvalue weighted by Crippen LogP contribution is 2.26. The summed E-state index contributed by atoms with van der Waals surface area (Å²) >= 11 is 0. The molecule has 0 heterocycles. The van der Waals surface area contributed by atoms with E-state index in [0.29, 0.717) is 0 Å². The van der Waals surface area contributed by atoms with Crippen LogP contribution in [-0.2, 0) is 10.1 Å². The van der Waals surface area contributed by atoms with Crippen LogP contribution in [0.4, 0.5) is 11.4 Å². The smallest absolute Gasteiger partial charge is 0.294 e. The standard InChI is InChI=1S/C8H8N6O5.C7H8O3S/c9-8(12-15)11-10-4-5-6(13(16)17)2-1-3-7(5)14(18)19;1-6-2-4-7(5-3-6)11(8,9)10/h1-4,15H,(H3,9,11,12);2-5H,1H3,(H,8,9,10)/b10-4+;. The van der Waals surface area contributed by atoms with E-state index in [1.54, 1.807) is 12.1 Å². The number of nitrogens with one attached hydrogen (secondary N) is 1. The Morgan fingerprint density at radius 3 is 2.00 bits per heavy atom. The van der Waals surface area contributed by atoms with Gasteiger partial charge in [-0.3, -0.25) is 30.0 Å². The van der Waals surface area contributed by atoms with Crippen molar-refractivity contribution in [1.82, 2.24) is 5.48 Å². The van der Waals surface area contributed by atoms with Gasteiger partial charge in [0.1, 0.15) is 5.56 Å². The van der Waals surface area contributed by atoms with Gasteiger partial charge in [0.2, 0.25) is 5.96 Å². The molecule has 0 aromatic heterocycles. The number of hydrogen-bond acceptors (Lipinski definition) is 9. The van der Waals surface area contributed by atoms with Gasteiger partial charge in [0.15, 0.2) is 0 Å². The predicted octanol–water partition coefficient (Wildman–Crippen LogP) is 1.37. The third kappa shape index (κ3) is 7.23. The molecule has 2 rings (SSSR count). The first kappa shape index (κ1) is 24.1. The van der Waals surface area contributed by atoms with E-state index in [2.05, 4.69) is 10.2 Å². The van der Waals surface area contributed by atoms with Crippen molar-refractivity contribution < 1.29 is 28.0 Å². The zero-order valence-electron chi connectivity index (χ0n) is 15.2. The molecule has 0 radical (unpaired) electrons. The van der Waals surface area contributed by atoms with Gasteiger partial charge in [-0.25, -0.2) is 5.48 Å². The molecule has 0 amide bonds. The van der Waals surface area contributed by atoms with Crippen LogP contribution in [0.15, 0.2) is 57.6 Å². The number of hydrogen-bond donors (Lipinski definition) is 4. The fourth-order valence-electron chi connectivity index (χ4n) is 1.87. The Balaban J connectivity index is 0.000000346. The summed E-state index contributed by atoms with van der Waals surface area (Å²) in [4.78, 5) is 19.9. The number of hydroxylamine groups is 1. The largest absolute Gasteiger partial charge is 0.367 e. The minimum atomic E-state index is -4.02. The van der Waals surface area contributed by atoms with E-state index < -0.39 is 37.3 Å². The molecule has 160 valence electrons. The number of guanidine groups is 1. The quantitative estimate of drug-likeness (QED) is 0.172. The van der Waals surface area contributed by atoms with Crippen LogP contribution in [0.3, 0.4) is 0 Å². The second-order valence-electron chi connectivity index (χ2n) is 5.35. The zero-order valence-corrected chi connectivity index (χ0v) is 16.1. The van der Waals surface area contributed by atoms with Gasteiger partial charge in [0, 0.05) is 12.1 Å². The Morgan fingerprint density at radius 2 is 1.60 bits per heavy atom. The van der Waals surface area contributed by atoms with Crippen molar-refractivity contribution >= 4 is 33.7 Å². The molecule has 30 heavy (non-hydrogen) atoms. The Labute approximate surface area is 169 Å². The third-order valence-electron chi connectivity index (χ3n) is 3.24. The second-order valence-corrected chi connectivity index (χ2v) is 6.78. The van der Waals surface area contributed by atoms with Crippen LogP contribution in [0.1, 0.15) is 11.1 Å². The molecule has 0 aliphatic carbocycles. The molecule has 0 bridgehead atoms. The van der Waals surface area contributed by atoms with Gasteiger partial charge < -0.3 is 5.73 Å². The number of benzene rings is 2. The molecule has 0 saturated carbocycles. The van der Waals surface area contributed by atoms with Crippen LogP contribution in [0, 0.1) is 27.2 Å². The Bertz CT molecular complexity index is 1050. The van der Waals surface area contributed by atoms with Gasteiger partial charge in [-0.2, -0.15) is 13.5 Å². The number of rotatable bonds is 5. The average Bonchev–Trinajstić information content (AvgIpc) is 2.67. The minimum absolute atomic E-state index is 0.0666. The molecular formula is C15H16N6O8S. The van der Waals surface area contributed by atoms with Gasteiger partial charge >= 0.3 is 0 Å². The molecule has 0 fully saturated rings. The molecule has 0 unspecified atom stereocenters. The van der Waals surface area contributed by atoms with Gasteiger partial charge in [0.05, 0.1) is 21.0 Å². The van der Waals surface area contributed by atoms with E-state index in [1.807, 2.05) is 6.92 Å². The summed E-state index contributed by atoms with van der Waals surface area (Å²) in [5.41, 5.74) is 6.15. The molecule has 2 aromatic carbocycles. The van der Waals surface area contributed by atoms with E-state index in [4.69, 9.17) is 15.5 Å². The molecule has 0 aliphatic rings. The normalized spacial score (nSPS) is 11.5. The summed E-state index contributed by atoms with van der Waals surface area (Å²) in [6.07, 6.45) is 0.806. The number of aryl methyl sites for hydroxylation is 1. The lowest BCUT2D eigenvalue weighted by molar-refractivity contribution is -0.394. The monoisotopic (exact) mass is 440 g/mol. The van der Waals surface area contributed by atoms with E-state index >= 15 is 0 Å². The SMILES string of the molecule is Cc1ccc(S(=O)(=O)O)cc1.N/C(=N\N=C\c1c([N+](=O)[O-])cccc1[N+](=O)[O-])NO. The van der Waals surface area contributed by atoms with Crippen LogP contribution in [0.25, 0.3) is 0 Å². The molecule has 14 nitrogen and oxygen atoms in total. The highest BCUT2D eigenvalue weighted by molar-refractivity contribution is 7.85. The lowest BCUT2D eigenvalue weighted by Gasteiger charge is -1.98. The summed E-state index contributed by atoms with van der Waals surface area (Å²) in [6.45, 7) is 1.84. The minimum Gasteiger partial charge on any atom is -0.367 e. The molecule has 2 aromatic rings. The van der Waals surface area contributed by atoms with Crippen LogP contribution in [0.5, 0.6) is 0 Å². The summed E-state index contributed by atoms with van der Waals surface area (Å²) in [6, 6.07) is 9.35. The molecule has 0 saturated heterocycles. The van der Waals surface area contributed by atoms with Crippen LogP contribution >= 0.6 is 0 Å². The van der Waals surface area contributed by atoms with Gasteiger partial charge in [0.25, 0.3) is 21.5 Å². The fourth-order valence-corrected chi connectivity index (χ4v) is 2.35. The van der Waals surface area contributed by atoms with Crippen molar-refractivity contribution in [3.8, 4) is 0 Å². The summed E-state index contributed by atoms with van der Waals surface area (Å²) in [7, 11) is -4.02. The molecule has 0 atom stereocenters. The first-order valence-electron chi connectivity index (χ1n) is 7.70. The van der Waals surface area contributed by atoms with Gasteiger partial charge in [-0.15, -0.1) is 5.10 Å². The molecule has 5 N–H and O–H groups in total. The number of nitrogens with two attached hydrogens (primary N) is 1. The van der Waals surface area contributed by atoms with E-state index in [-0.39, 0.29) is 10.5 Å². The number of nitro groups is 2. The van der Waals surface area contributed by atoms with Crippen molar-refractivity contribution in [2.24, 2.45) is 15.9 Å². The molecule has 0 aliphatic heterocycles. The maximum atomic E-state index is 10.8. The van der Waals surface area contributed by atoms with Crippen LogP contribution in [-0.4, -0.2) is 40.2 Å².